The highest BCUT2D eigenvalue weighted by Gasteiger charge is 2.22. The highest BCUT2D eigenvalue weighted by molar-refractivity contribution is 8.14. The number of rotatable bonds is 1. The SMILES string of the molecule is CC1CSC(=NC2CCCCCC2C)N1. The molecule has 3 unspecified atom stereocenters. The van der Waals surface area contributed by atoms with Crippen molar-refractivity contribution < 1.29 is 0 Å². The molecule has 0 aromatic carbocycles. The summed E-state index contributed by atoms with van der Waals surface area (Å²) in [6.45, 7) is 4.59. The Hall–Kier alpha value is -0.180. The molecular formula is C12H22N2S. The van der Waals surface area contributed by atoms with Crippen molar-refractivity contribution in [3.05, 3.63) is 0 Å². The molecule has 1 N–H and O–H groups in total. The molecule has 2 nitrogen and oxygen atoms in total. The first-order valence-electron chi connectivity index (χ1n) is 6.23. The standard InChI is InChI=1S/C12H22N2S/c1-9-6-4-3-5-7-11(9)14-12-13-10(2)8-15-12/h9-11H,3-8H2,1-2H3,(H,13,14). The summed E-state index contributed by atoms with van der Waals surface area (Å²) in [5.74, 6) is 1.96. The highest BCUT2D eigenvalue weighted by Crippen LogP contribution is 2.27. The van der Waals surface area contributed by atoms with Gasteiger partial charge in [-0.1, -0.05) is 37.9 Å². The van der Waals surface area contributed by atoms with E-state index in [0.29, 0.717) is 12.1 Å². The Labute approximate surface area is 97.3 Å². The molecule has 0 spiro atoms. The van der Waals surface area contributed by atoms with Crippen LogP contribution in [0, 0.1) is 5.92 Å². The maximum absolute atomic E-state index is 4.89. The van der Waals surface area contributed by atoms with Gasteiger partial charge in [-0.25, -0.2) is 0 Å². The zero-order valence-corrected chi connectivity index (χ0v) is 10.6. The first-order valence-corrected chi connectivity index (χ1v) is 7.21. The van der Waals surface area contributed by atoms with Crippen LogP contribution in [0.25, 0.3) is 0 Å². The Morgan fingerprint density at radius 2 is 2.00 bits per heavy atom. The Morgan fingerprint density at radius 1 is 1.20 bits per heavy atom. The van der Waals surface area contributed by atoms with Crippen LogP contribution in [0.3, 0.4) is 0 Å². The van der Waals surface area contributed by atoms with Crippen molar-refractivity contribution in [3.8, 4) is 0 Å². The predicted octanol–water partition coefficient (Wildman–Crippen LogP) is 3.04. The van der Waals surface area contributed by atoms with E-state index < -0.39 is 0 Å². The first-order chi connectivity index (χ1) is 7.25. The van der Waals surface area contributed by atoms with Crippen LogP contribution in [0.15, 0.2) is 4.99 Å². The molecule has 2 rings (SSSR count). The molecule has 3 atom stereocenters. The van der Waals surface area contributed by atoms with E-state index in [-0.39, 0.29) is 0 Å². The average molecular weight is 226 g/mol. The molecule has 1 saturated carbocycles. The molecular weight excluding hydrogens is 204 g/mol. The van der Waals surface area contributed by atoms with Crippen molar-refractivity contribution in [1.82, 2.24) is 5.32 Å². The minimum absolute atomic E-state index is 0.577. The van der Waals surface area contributed by atoms with Gasteiger partial charge in [0.1, 0.15) is 0 Å². The third kappa shape index (κ3) is 3.13. The Balaban J connectivity index is 1.96. The van der Waals surface area contributed by atoms with Crippen LogP contribution in [-0.2, 0) is 0 Å². The smallest absolute Gasteiger partial charge is 0.157 e. The van der Waals surface area contributed by atoms with Crippen LogP contribution in [0.1, 0.15) is 46.0 Å². The van der Waals surface area contributed by atoms with Crippen LogP contribution in [0.5, 0.6) is 0 Å². The number of thioether (sulfide) groups is 1. The summed E-state index contributed by atoms with van der Waals surface area (Å²) >= 11 is 1.89. The molecule has 1 heterocycles. The van der Waals surface area contributed by atoms with E-state index in [9.17, 15) is 0 Å². The van der Waals surface area contributed by atoms with Crippen molar-refractivity contribution in [1.29, 1.82) is 0 Å². The van der Waals surface area contributed by atoms with Crippen LogP contribution >= 0.6 is 11.8 Å². The van der Waals surface area contributed by atoms with Gasteiger partial charge < -0.3 is 5.32 Å². The van der Waals surface area contributed by atoms with Gasteiger partial charge in [0.25, 0.3) is 0 Å². The van der Waals surface area contributed by atoms with E-state index >= 15 is 0 Å². The van der Waals surface area contributed by atoms with Crippen molar-refractivity contribution >= 4 is 16.9 Å². The number of hydrogen-bond donors (Lipinski definition) is 1. The zero-order chi connectivity index (χ0) is 10.7. The first kappa shape index (κ1) is 11.3. The molecule has 1 saturated heterocycles. The summed E-state index contributed by atoms with van der Waals surface area (Å²) in [6, 6.07) is 1.18. The number of hydrogen-bond acceptors (Lipinski definition) is 2. The van der Waals surface area contributed by atoms with Crippen molar-refractivity contribution in [2.75, 3.05) is 5.75 Å². The molecule has 2 aliphatic rings. The van der Waals surface area contributed by atoms with E-state index in [1.54, 1.807) is 0 Å². The summed E-state index contributed by atoms with van der Waals surface area (Å²) in [7, 11) is 0. The maximum atomic E-state index is 4.89. The summed E-state index contributed by atoms with van der Waals surface area (Å²) in [5.41, 5.74) is 0. The molecule has 0 bridgehead atoms. The molecule has 1 aliphatic carbocycles. The third-order valence-electron chi connectivity index (χ3n) is 3.44. The van der Waals surface area contributed by atoms with Crippen molar-refractivity contribution in [3.63, 3.8) is 0 Å². The molecule has 0 amide bonds. The number of nitrogens with one attached hydrogen (secondary N) is 1. The third-order valence-corrected chi connectivity index (χ3v) is 4.60. The fraction of sp³-hybridized carbons (Fsp3) is 0.917. The monoisotopic (exact) mass is 226 g/mol. The minimum Gasteiger partial charge on any atom is -0.362 e. The molecule has 15 heavy (non-hydrogen) atoms. The van der Waals surface area contributed by atoms with Crippen LogP contribution in [-0.4, -0.2) is 23.0 Å². The topological polar surface area (TPSA) is 24.4 Å². The second-order valence-electron chi connectivity index (χ2n) is 4.97. The normalized spacial score (nSPS) is 40.1. The second-order valence-corrected chi connectivity index (χ2v) is 5.98. The molecule has 0 aromatic heterocycles. The Kier molecular flexibility index (Phi) is 3.95. The largest absolute Gasteiger partial charge is 0.362 e. The van der Waals surface area contributed by atoms with Gasteiger partial charge in [0.15, 0.2) is 5.17 Å². The lowest BCUT2D eigenvalue weighted by Crippen LogP contribution is -2.25. The number of aliphatic imine (C=N–C) groups is 1. The van der Waals surface area contributed by atoms with Crippen LogP contribution in [0.4, 0.5) is 0 Å². The van der Waals surface area contributed by atoms with E-state index in [4.69, 9.17) is 4.99 Å². The van der Waals surface area contributed by atoms with Gasteiger partial charge in [0.05, 0.1) is 6.04 Å². The molecule has 1 aliphatic heterocycles. The average Bonchev–Trinajstić information content (AvgIpc) is 2.50. The lowest BCUT2D eigenvalue weighted by Gasteiger charge is -2.17. The number of nitrogens with zero attached hydrogens (tertiary/aromatic N) is 1. The van der Waals surface area contributed by atoms with Gasteiger partial charge in [-0.2, -0.15) is 0 Å². The highest BCUT2D eigenvalue weighted by atomic mass is 32.2. The predicted molar refractivity (Wildman–Crippen MR) is 68.5 cm³/mol. The van der Waals surface area contributed by atoms with Gasteiger partial charge in [0.2, 0.25) is 0 Å². The van der Waals surface area contributed by atoms with E-state index in [1.807, 2.05) is 11.8 Å². The van der Waals surface area contributed by atoms with Gasteiger partial charge in [-0.05, 0) is 25.7 Å². The quantitative estimate of drug-likeness (QED) is 0.695. The molecule has 2 fully saturated rings. The fourth-order valence-electron chi connectivity index (χ4n) is 2.39. The second kappa shape index (κ2) is 5.24. The lowest BCUT2D eigenvalue weighted by molar-refractivity contribution is 0.434. The van der Waals surface area contributed by atoms with E-state index in [0.717, 1.165) is 5.92 Å². The molecule has 0 radical (unpaired) electrons. The van der Waals surface area contributed by atoms with E-state index in [2.05, 4.69) is 19.2 Å². The lowest BCUT2D eigenvalue weighted by atomic mass is 9.98. The van der Waals surface area contributed by atoms with Gasteiger partial charge in [-0.15, -0.1) is 0 Å². The zero-order valence-electron chi connectivity index (χ0n) is 9.83. The fourth-order valence-corrected chi connectivity index (χ4v) is 3.37. The molecule has 3 heteroatoms. The summed E-state index contributed by atoms with van der Waals surface area (Å²) in [4.78, 5) is 4.89. The minimum atomic E-state index is 0.577. The van der Waals surface area contributed by atoms with Crippen molar-refractivity contribution in [2.45, 2.75) is 58.0 Å². The van der Waals surface area contributed by atoms with Crippen molar-refractivity contribution in [2.24, 2.45) is 10.9 Å². The maximum Gasteiger partial charge on any atom is 0.157 e. The van der Waals surface area contributed by atoms with Crippen LogP contribution in [0.2, 0.25) is 0 Å². The molecule has 0 aromatic rings. The van der Waals surface area contributed by atoms with Gasteiger partial charge in [-0.3, -0.25) is 4.99 Å². The summed E-state index contributed by atoms with van der Waals surface area (Å²) in [6.07, 6.45) is 6.83. The van der Waals surface area contributed by atoms with Crippen LogP contribution < -0.4 is 5.32 Å². The van der Waals surface area contributed by atoms with E-state index in [1.165, 1.54) is 43.0 Å². The molecule has 86 valence electrons. The Morgan fingerprint density at radius 3 is 2.73 bits per heavy atom. The summed E-state index contributed by atoms with van der Waals surface area (Å²) < 4.78 is 0. The summed E-state index contributed by atoms with van der Waals surface area (Å²) in [5, 5.41) is 4.65. The number of amidine groups is 1. The van der Waals surface area contributed by atoms with Gasteiger partial charge >= 0.3 is 0 Å². The Bertz CT molecular complexity index is 240. The van der Waals surface area contributed by atoms with Gasteiger partial charge in [0, 0.05) is 11.8 Å².